The number of nitrogens with two attached hydrogens (primary N) is 1. The van der Waals surface area contributed by atoms with Crippen LogP contribution in [0, 0.1) is 0 Å². The van der Waals surface area contributed by atoms with Gasteiger partial charge in [-0.25, -0.2) is 4.99 Å². The van der Waals surface area contributed by atoms with Crippen LogP contribution in [0.2, 0.25) is 0 Å². The molecule has 1 rings (SSSR count). The van der Waals surface area contributed by atoms with Gasteiger partial charge in [-0.1, -0.05) is 24.3 Å². The zero-order valence-corrected chi connectivity index (χ0v) is 16.9. The number of guanidine groups is 1. The Bertz CT molecular complexity index is 473. The molecule has 0 spiro atoms. The fraction of sp³-hybridized carbons (Fsp3) is 0.588. The molecule has 6 heteroatoms. The van der Waals surface area contributed by atoms with Crippen molar-refractivity contribution in [3.8, 4) is 0 Å². The third kappa shape index (κ3) is 11.3. The van der Waals surface area contributed by atoms with Crippen LogP contribution in [0.3, 0.4) is 0 Å². The highest BCUT2D eigenvalue weighted by molar-refractivity contribution is 14.0. The second-order valence-electron chi connectivity index (χ2n) is 6.15. The van der Waals surface area contributed by atoms with Crippen LogP contribution in [-0.4, -0.2) is 31.3 Å². The van der Waals surface area contributed by atoms with E-state index in [2.05, 4.69) is 37.1 Å². The Morgan fingerprint density at radius 3 is 2.48 bits per heavy atom. The lowest BCUT2D eigenvalue weighted by Gasteiger charge is -2.21. The van der Waals surface area contributed by atoms with Gasteiger partial charge < -0.3 is 20.5 Å². The maximum atomic E-state index is 5.87. The largest absolute Gasteiger partial charge is 0.379 e. The molecule has 5 nitrogen and oxygen atoms in total. The zero-order chi connectivity index (χ0) is 16.4. The normalized spacial score (nSPS) is 11.9. The van der Waals surface area contributed by atoms with Crippen LogP contribution in [-0.2, 0) is 22.6 Å². The second-order valence-corrected chi connectivity index (χ2v) is 6.15. The number of nitrogens with zero attached hydrogens (tertiary/aromatic N) is 1. The van der Waals surface area contributed by atoms with Crippen molar-refractivity contribution < 1.29 is 9.47 Å². The first-order chi connectivity index (χ1) is 10.4. The summed E-state index contributed by atoms with van der Waals surface area (Å²) in [4.78, 5) is 4.36. The summed E-state index contributed by atoms with van der Waals surface area (Å²) in [5, 5.41) is 3.15. The van der Waals surface area contributed by atoms with E-state index < -0.39 is 0 Å². The molecule has 0 unspecified atom stereocenters. The minimum absolute atomic E-state index is 0. The molecule has 0 saturated heterocycles. The molecular formula is C17H30IN3O2. The fourth-order valence-electron chi connectivity index (χ4n) is 1.87. The van der Waals surface area contributed by atoms with E-state index in [1.165, 1.54) is 0 Å². The Kier molecular flexibility index (Phi) is 11.2. The summed E-state index contributed by atoms with van der Waals surface area (Å²) in [6, 6.07) is 8.19. The summed E-state index contributed by atoms with van der Waals surface area (Å²) in [7, 11) is 0. The molecule has 0 aromatic heterocycles. The number of nitrogens with one attached hydrogen (secondary N) is 1. The van der Waals surface area contributed by atoms with Gasteiger partial charge in [0, 0.05) is 12.1 Å². The van der Waals surface area contributed by atoms with Crippen LogP contribution in [0.25, 0.3) is 0 Å². The zero-order valence-electron chi connectivity index (χ0n) is 14.6. The predicted octanol–water partition coefficient (Wildman–Crippen LogP) is 3.06. The van der Waals surface area contributed by atoms with Gasteiger partial charge in [-0.05, 0) is 38.8 Å². The van der Waals surface area contributed by atoms with Gasteiger partial charge in [0.1, 0.15) is 0 Å². The van der Waals surface area contributed by atoms with Gasteiger partial charge in [-0.2, -0.15) is 0 Å². The Balaban J connectivity index is 0.00000484. The van der Waals surface area contributed by atoms with Crippen molar-refractivity contribution in [3.05, 3.63) is 35.4 Å². The lowest BCUT2D eigenvalue weighted by Crippen LogP contribution is -2.44. The Labute approximate surface area is 157 Å². The summed E-state index contributed by atoms with van der Waals surface area (Å²) < 4.78 is 10.8. The van der Waals surface area contributed by atoms with Gasteiger partial charge in [-0.3, -0.25) is 0 Å². The monoisotopic (exact) mass is 435 g/mol. The quantitative estimate of drug-likeness (QED) is 0.285. The molecule has 3 N–H and O–H groups in total. The van der Waals surface area contributed by atoms with Crippen LogP contribution >= 0.6 is 24.0 Å². The highest BCUT2D eigenvalue weighted by Crippen LogP contribution is 2.08. The van der Waals surface area contributed by atoms with Gasteiger partial charge in [0.15, 0.2) is 5.96 Å². The lowest BCUT2D eigenvalue weighted by atomic mass is 10.1. The maximum absolute atomic E-state index is 5.87. The molecular weight excluding hydrogens is 405 g/mol. The van der Waals surface area contributed by atoms with Crippen LogP contribution in [0.4, 0.5) is 0 Å². The molecule has 0 aliphatic rings. The molecule has 132 valence electrons. The van der Waals surface area contributed by atoms with E-state index in [1.54, 1.807) is 0 Å². The molecule has 0 aliphatic heterocycles. The average Bonchev–Trinajstić information content (AvgIpc) is 2.44. The number of hydrogen-bond donors (Lipinski definition) is 2. The standard InChI is InChI=1S/C17H29N3O2.HI/c1-5-21-9-10-22-13-15-8-6-7-14(11-15)12-19-16(18)20-17(2,3)4;/h6-8,11H,5,9-10,12-13H2,1-4H3,(H3,18,19,20);1H. The van der Waals surface area contributed by atoms with E-state index in [1.807, 2.05) is 25.1 Å². The molecule has 0 heterocycles. The van der Waals surface area contributed by atoms with Crippen LogP contribution in [0.1, 0.15) is 38.8 Å². The number of halogens is 1. The second kappa shape index (κ2) is 11.6. The summed E-state index contributed by atoms with van der Waals surface area (Å²) >= 11 is 0. The molecule has 1 aromatic rings. The van der Waals surface area contributed by atoms with Crippen LogP contribution in [0.5, 0.6) is 0 Å². The lowest BCUT2D eigenvalue weighted by molar-refractivity contribution is 0.0453. The van der Waals surface area contributed by atoms with Crippen molar-refractivity contribution >= 4 is 29.9 Å². The Morgan fingerprint density at radius 2 is 1.83 bits per heavy atom. The van der Waals surface area contributed by atoms with E-state index in [4.69, 9.17) is 15.2 Å². The first kappa shape index (κ1) is 22.1. The van der Waals surface area contributed by atoms with E-state index in [-0.39, 0.29) is 29.5 Å². The maximum Gasteiger partial charge on any atom is 0.189 e. The SMILES string of the molecule is CCOCCOCc1cccc(CN=C(N)NC(C)(C)C)c1.I. The van der Waals surface area contributed by atoms with E-state index in [0.717, 1.165) is 17.7 Å². The molecule has 0 atom stereocenters. The first-order valence-electron chi connectivity index (χ1n) is 7.72. The third-order valence-electron chi connectivity index (χ3n) is 2.77. The number of hydrogen-bond acceptors (Lipinski definition) is 3. The Hall–Kier alpha value is -0.860. The van der Waals surface area contributed by atoms with Crippen LogP contribution < -0.4 is 11.1 Å². The summed E-state index contributed by atoms with van der Waals surface area (Å²) in [6.07, 6.45) is 0. The fourth-order valence-corrected chi connectivity index (χ4v) is 1.87. The van der Waals surface area contributed by atoms with Gasteiger partial charge in [0.2, 0.25) is 0 Å². The van der Waals surface area contributed by atoms with Crippen molar-refractivity contribution in [2.24, 2.45) is 10.7 Å². The number of rotatable bonds is 8. The van der Waals surface area contributed by atoms with Crippen molar-refractivity contribution in [2.75, 3.05) is 19.8 Å². The van der Waals surface area contributed by atoms with E-state index >= 15 is 0 Å². The Morgan fingerprint density at radius 1 is 1.17 bits per heavy atom. The molecule has 1 aromatic carbocycles. The van der Waals surface area contributed by atoms with Crippen molar-refractivity contribution in [1.29, 1.82) is 0 Å². The van der Waals surface area contributed by atoms with Gasteiger partial charge in [0.05, 0.1) is 26.4 Å². The van der Waals surface area contributed by atoms with Gasteiger partial charge in [-0.15, -0.1) is 24.0 Å². The van der Waals surface area contributed by atoms with Crippen LogP contribution in [0.15, 0.2) is 29.3 Å². The van der Waals surface area contributed by atoms with Crippen molar-refractivity contribution in [2.45, 2.75) is 46.4 Å². The highest BCUT2D eigenvalue weighted by atomic mass is 127. The number of ether oxygens (including phenoxy) is 2. The molecule has 0 saturated carbocycles. The van der Waals surface area contributed by atoms with Crippen molar-refractivity contribution in [1.82, 2.24) is 5.32 Å². The molecule has 0 fully saturated rings. The van der Waals surface area contributed by atoms with Gasteiger partial charge in [0.25, 0.3) is 0 Å². The molecule has 0 amide bonds. The molecule has 0 bridgehead atoms. The molecule has 23 heavy (non-hydrogen) atoms. The third-order valence-corrected chi connectivity index (χ3v) is 2.77. The number of aliphatic imine (C=N–C) groups is 1. The highest BCUT2D eigenvalue weighted by Gasteiger charge is 2.09. The molecule has 0 radical (unpaired) electrons. The average molecular weight is 435 g/mol. The topological polar surface area (TPSA) is 68.9 Å². The number of benzene rings is 1. The summed E-state index contributed by atoms with van der Waals surface area (Å²) in [5.41, 5.74) is 8.04. The minimum atomic E-state index is -0.0795. The van der Waals surface area contributed by atoms with E-state index in [9.17, 15) is 0 Å². The molecule has 0 aliphatic carbocycles. The van der Waals surface area contributed by atoms with Crippen molar-refractivity contribution in [3.63, 3.8) is 0 Å². The first-order valence-corrected chi connectivity index (χ1v) is 7.72. The minimum Gasteiger partial charge on any atom is -0.379 e. The van der Waals surface area contributed by atoms with E-state index in [0.29, 0.717) is 32.3 Å². The predicted molar refractivity (Wildman–Crippen MR) is 106 cm³/mol. The summed E-state index contributed by atoms with van der Waals surface area (Å²) in [6.45, 7) is 11.2. The summed E-state index contributed by atoms with van der Waals surface area (Å²) in [5.74, 6) is 0.464. The smallest absolute Gasteiger partial charge is 0.189 e. The van der Waals surface area contributed by atoms with Gasteiger partial charge >= 0.3 is 0 Å².